The van der Waals surface area contributed by atoms with E-state index in [2.05, 4.69) is 5.32 Å². The molecule has 1 N–H and O–H groups in total. The Morgan fingerprint density at radius 3 is 2.19 bits per heavy atom. The lowest BCUT2D eigenvalue weighted by Crippen LogP contribution is -2.49. The number of halogens is 1. The summed E-state index contributed by atoms with van der Waals surface area (Å²) in [5.74, 6) is -0.343. The van der Waals surface area contributed by atoms with Crippen LogP contribution in [0.5, 0.6) is 0 Å². The molecule has 0 aliphatic heterocycles. The molecule has 140 valence electrons. The Hall–Kier alpha value is -2.05. The number of hydrogen-bond acceptors (Lipinski definition) is 3. The largest absolute Gasteiger partial charge is 0.348 e. The average molecular weight is 395 g/mol. The van der Waals surface area contributed by atoms with Gasteiger partial charge in [0.2, 0.25) is 15.9 Å². The predicted octanol–water partition coefficient (Wildman–Crippen LogP) is 3.76. The summed E-state index contributed by atoms with van der Waals surface area (Å²) in [5.41, 5.74) is 1.36. The van der Waals surface area contributed by atoms with Crippen LogP contribution in [0.25, 0.3) is 0 Å². The van der Waals surface area contributed by atoms with E-state index in [1.165, 1.54) is 0 Å². The van der Waals surface area contributed by atoms with Gasteiger partial charge in [-0.15, -0.1) is 0 Å². The lowest BCUT2D eigenvalue weighted by Gasteiger charge is -2.31. The van der Waals surface area contributed by atoms with Gasteiger partial charge in [-0.1, -0.05) is 48.9 Å². The molecular weight excluding hydrogens is 372 g/mol. The van der Waals surface area contributed by atoms with Crippen LogP contribution in [0.3, 0.4) is 0 Å². The van der Waals surface area contributed by atoms with Gasteiger partial charge in [0.1, 0.15) is 6.04 Å². The van der Waals surface area contributed by atoms with Crippen molar-refractivity contribution in [2.24, 2.45) is 0 Å². The maximum absolute atomic E-state index is 12.8. The van der Waals surface area contributed by atoms with Gasteiger partial charge in [0.15, 0.2) is 0 Å². The highest BCUT2D eigenvalue weighted by Crippen LogP contribution is 2.25. The molecule has 0 saturated carbocycles. The fourth-order valence-corrected chi connectivity index (χ4v) is 4.12. The standard InChI is InChI=1S/C19H23ClN2O3S/c1-4-18(19(23)21-14(2)15-8-6-5-7-9-15)22(26(3,24)25)17-12-10-16(20)11-13-17/h5-14,18H,4H2,1-3H3,(H,21,23)/t14-,18+/m1/s1. The number of amides is 1. The van der Waals surface area contributed by atoms with Gasteiger partial charge >= 0.3 is 0 Å². The summed E-state index contributed by atoms with van der Waals surface area (Å²) in [4.78, 5) is 12.8. The zero-order valence-electron chi connectivity index (χ0n) is 15.0. The molecule has 0 aromatic heterocycles. The van der Waals surface area contributed by atoms with Crippen LogP contribution in [0.1, 0.15) is 31.9 Å². The number of benzene rings is 2. The highest BCUT2D eigenvalue weighted by Gasteiger charge is 2.32. The van der Waals surface area contributed by atoms with E-state index in [1.54, 1.807) is 31.2 Å². The van der Waals surface area contributed by atoms with Crippen LogP contribution in [-0.2, 0) is 14.8 Å². The second-order valence-corrected chi connectivity index (χ2v) is 8.40. The van der Waals surface area contributed by atoms with Gasteiger partial charge in [-0.2, -0.15) is 0 Å². The zero-order chi connectivity index (χ0) is 19.3. The van der Waals surface area contributed by atoms with Crippen molar-refractivity contribution in [3.8, 4) is 0 Å². The predicted molar refractivity (Wildman–Crippen MR) is 106 cm³/mol. The van der Waals surface area contributed by atoms with E-state index < -0.39 is 16.1 Å². The van der Waals surface area contributed by atoms with Gasteiger partial charge in [-0.25, -0.2) is 8.42 Å². The second-order valence-electron chi connectivity index (χ2n) is 6.10. The number of anilines is 1. The number of hydrogen-bond donors (Lipinski definition) is 1. The third kappa shape index (κ3) is 4.99. The van der Waals surface area contributed by atoms with Gasteiger partial charge in [-0.3, -0.25) is 9.10 Å². The molecule has 2 rings (SSSR count). The van der Waals surface area contributed by atoms with Crippen molar-refractivity contribution >= 4 is 33.2 Å². The minimum absolute atomic E-state index is 0.232. The molecule has 26 heavy (non-hydrogen) atoms. The van der Waals surface area contributed by atoms with E-state index >= 15 is 0 Å². The van der Waals surface area contributed by atoms with Crippen molar-refractivity contribution < 1.29 is 13.2 Å². The summed E-state index contributed by atoms with van der Waals surface area (Å²) >= 11 is 5.90. The Morgan fingerprint density at radius 2 is 1.69 bits per heavy atom. The smallest absolute Gasteiger partial charge is 0.244 e. The van der Waals surface area contributed by atoms with Gasteiger partial charge in [-0.05, 0) is 43.2 Å². The summed E-state index contributed by atoms with van der Waals surface area (Å²) < 4.78 is 25.9. The fraction of sp³-hybridized carbons (Fsp3) is 0.316. The van der Waals surface area contributed by atoms with Crippen molar-refractivity contribution in [1.82, 2.24) is 5.32 Å². The minimum atomic E-state index is -3.66. The average Bonchev–Trinajstić information content (AvgIpc) is 2.60. The third-order valence-corrected chi connectivity index (χ3v) is 5.50. The van der Waals surface area contributed by atoms with Crippen molar-refractivity contribution in [3.63, 3.8) is 0 Å². The van der Waals surface area contributed by atoms with Gasteiger partial charge < -0.3 is 5.32 Å². The number of rotatable bonds is 7. The monoisotopic (exact) mass is 394 g/mol. The molecule has 1 amide bonds. The van der Waals surface area contributed by atoms with Crippen LogP contribution < -0.4 is 9.62 Å². The molecule has 2 aromatic carbocycles. The molecule has 5 nitrogen and oxygen atoms in total. The molecule has 2 aromatic rings. The first-order valence-electron chi connectivity index (χ1n) is 8.34. The molecular formula is C19H23ClN2O3S. The van der Waals surface area contributed by atoms with Crippen molar-refractivity contribution in [2.75, 3.05) is 10.6 Å². The third-order valence-electron chi connectivity index (χ3n) is 4.07. The molecule has 0 radical (unpaired) electrons. The molecule has 0 aliphatic carbocycles. The molecule has 0 unspecified atom stereocenters. The van der Waals surface area contributed by atoms with E-state index in [9.17, 15) is 13.2 Å². The van der Waals surface area contributed by atoms with Crippen molar-refractivity contribution in [3.05, 3.63) is 65.2 Å². The molecule has 0 bridgehead atoms. The Balaban J connectivity index is 2.29. The van der Waals surface area contributed by atoms with Crippen LogP contribution >= 0.6 is 11.6 Å². The van der Waals surface area contributed by atoms with E-state index in [0.29, 0.717) is 17.1 Å². The first-order chi connectivity index (χ1) is 12.2. The van der Waals surface area contributed by atoms with Gasteiger partial charge in [0, 0.05) is 5.02 Å². The molecule has 0 fully saturated rings. The molecule has 0 heterocycles. The minimum Gasteiger partial charge on any atom is -0.348 e. The number of nitrogens with zero attached hydrogens (tertiary/aromatic N) is 1. The lowest BCUT2D eigenvalue weighted by molar-refractivity contribution is -0.122. The summed E-state index contributed by atoms with van der Waals surface area (Å²) in [6.45, 7) is 3.65. The summed E-state index contributed by atoms with van der Waals surface area (Å²) in [6.07, 6.45) is 1.43. The first-order valence-corrected chi connectivity index (χ1v) is 10.6. The maximum atomic E-state index is 12.8. The van der Waals surface area contributed by atoms with E-state index in [0.717, 1.165) is 16.1 Å². The molecule has 0 spiro atoms. The number of carbonyl (C=O) groups is 1. The lowest BCUT2D eigenvalue weighted by atomic mass is 10.1. The molecule has 2 atom stereocenters. The van der Waals surface area contributed by atoms with Crippen LogP contribution in [0.2, 0.25) is 5.02 Å². The quantitative estimate of drug-likeness (QED) is 0.777. The van der Waals surface area contributed by atoms with E-state index in [-0.39, 0.29) is 11.9 Å². The number of sulfonamides is 1. The molecule has 0 aliphatic rings. The summed E-state index contributed by atoms with van der Waals surface area (Å²) in [6, 6.07) is 14.8. The number of nitrogens with one attached hydrogen (secondary N) is 1. The molecule has 0 saturated heterocycles. The van der Waals surface area contributed by atoms with Gasteiger partial charge in [0.25, 0.3) is 0 Å². The zero-order valence-corrected chi connectivity index (χ0v) is 16.6. The van der Waals surface area contributed by atoms with Crippen LogP contribution in [0, 0.1) is 0 Å². The Kier molecular flexibility index (Phi) is 6.67. The highest BCUT2D eigenvalue weighted by atomic mass is 35.5. The van der Waals surface area contributed by atoms with Crippen molar-refractivity contribution in [1.29, 1.82) is 0 Å². The fourth-order valence-electron chi connectivity index (χ4n) is 2.78. The van der Waals surface area contributed by atoms with Crippen molar-refractivity contribution in [2.45, 2.75) is 32.4 Å². The number of carbonyl (C=O) groups excluding carboxylic acids is 1. The van der Waals surface area contributed by atoms with Gasteiger partial charge in [0.05, 0.1) is 18.0 Å². The summed E-state index contributed by atoms with van der Waals surface area (Å²) in [5, 5.41) is 3.41. The van der Waals surface area contributed by atoms with E-state index in [4.69, 9.17) is 11.6 Å². The van der Waals surface area contributed by atoms with Crippen LogP contribution in [-0.4, -0.2) is 26.6 Å². The van der Waals surface area contributed by atoms with E-state index in [1.807, 2.05) is 37.3 Å². The second kappa shape index (κ2) is 8.56. The topological polar surface area (TPSA) is 66.5 Å². The Morgan fingerprint density at radius 1 is 1.12 bits per heavy atom. The Labute approximate surface area is 160 Å². The van der Waals surface area contributed by atoms with Crippen LogP contribution in [0.4, 0.5) is 5.69 Å². The normalized spacial score (nSPS) is 13.7. The summed E-state index contributed by atoms with van der Waals surface area (Å²) in [7, 11) is -3.66. The van der Waals surface area contributed by atoms with Crippen LogP contribution in [0.15, 0.2) is 54.6 Å². The highest BCUT2D eigenvalue weighted by molar-refractivity contribution is 7.92. The SMILES string of the molecule is CC[C@@H](C(=O)N[C@H](C)c1ccccc1)N(c1ccc(Cl)cc1)S(C)(=O)=O. The Bertz CT molecular complexity index is 839. The first kappa shape index (κ1) is 20.3. The molecule has 7 heteroatoms. The maximum Gasteiger partial charge on any atom is 0.244 e.